The van der Waals surface area contributed by atoms with Gasteiger partial charge in [0.1, 0.15) is 4.49 Å². The molecule has 0 amide bonds. The van der Waals surface area contributed by atoms with Crippen molar-refractivity contribution in [2.45, 2.75) is 19.0 Å². The number of fused-ring (bicyclic) bond motifs is 1. The molecule has 3 rings (SSSR count). The van der Waals surface area contributed by atoms with Crippen molar-refractivity contribution in [3.63, 3.8) is 0 Å². The van der Waals surface area contributed by atoms with Crippen LogP contribution in [0.3, 0.4) is 0 Å². The minimum Gasteiger partial charge on any atom is -0.274 e. The first-order valence-electron chi connectivity index (χ1n) is 7.66. The van der Waals surface area contributed by atoms with E-state index in [0.717, 1.165) is 11.0 Å². The molecule has 6 heteroatoms. The first-order valence-corrected chi connectivity index (χ1v) is 9.40. The Morgan fingerprint density at radius 2 is 2.12 bits per heavy atom. The highest BCUT2D eigenvalue weighted by Gasteiger charge is 2.61. The van der Waals surface area contributed by atoms with Gasteiger partial charge in [0.2, 0.25) is 5.91 Å². The number of hydrogen-bond donors (Lipinski definition) is 0. The lowest BCUT2D eigenvalue weighted by Crippen LogP contribution is -2.17. The van der Waals surface area contributed by atoms with Gasteiger partial charge < -0.3 is 0 Å². The highest BCUT2D eigenvalue weighted by atomic mass is 35.5. The minimum atomic E-state index is -0.169. The summed E-state index contributed by atoms with van der Waals surface area (Å²) in [5, 5.41) is 0.698. The Hall–Kier alpha value is -1.23. The molecule has 0 radical (unpaired) electrons. The Morgan fingerprint density at radius 1 is 1.42 bits per heavy atom. The number of carbonyl (C=O) groups excluding carboxylic acids is 1. The van der Waals surface area contributed by atoms with Crippen molar-refractivity contribution in [1.29, 1.82) is 0 Å². The summed E-state index contributed by atoms with van der Waals surface area (Å²) in [6, 6.07) is 7.68. The van der Waals surface area contributed by atoms with Gasteiger partial charge in [-0.3, -0.25) is 9.36 Å². The molecule has 1 heterocycles. The fourth-order valence-corrected chi connectivity index (χ4v) is 4.20. The number of benzene rings is 1. The first-order chi connectivity index (χ1) is 11.4. The zero-order valence-corrected chi connectivity index (χ0v) is 15.8. The fourth-order valence-electron chi connectivity index (χ4n) is 3.18. The topological polar surface area (TPSA) is 34.9 Å². The summed E-state index contributed by atoms with van der Waals surface area (Å²) in [6.45, 7) is 7.86. The van der Waals surface area contributed by atoms with Crippen LogP contribution in [0.1, 0.15) is 18.6 Å². The number of thioether (sulfide) groups is 1. The number of aromatic nitrogens is 2. The Morgan fingerprint density at radius 3 is 2.79 bits per heavy atom. The third-order valence-corrected chi connectivity index (χ3v) is 5.75. The Bertz CT molecular complexity index is 837. The molecule has 1 aliphatic rings. The van der Waals surface area contributed by atoms with Gasteiger partial charge in [-0.1, -0.05) is 67.0 Å². The lowest BCUT2D eigenvalue weighted by atomic mass is 10.1. The van der Waals surface area contributed by atoms with Crippen molar-refractivity contribution >= 4 is 51.9 Å². The summed E-state index contributed by atoms with van der Waals surface area (Å²) in [5.74, 6) is 0.608. The summed E-state index contributed by atoms with van der Waals surface area (Å²) in [5.41, 5.74) is 1.48. The van der Waals surface area contributed by atoms with E-state index in [0.29, 0.717) is 10.9 Å². The number of allylic oxidation sites excluding steroid dienone is 1. The molecule has 1 fully saturated rings. The predicted molar refractivity (Wildman–Crippen MR) is 102 cm³/mol. The molecule has 1 aliphatic carbocycles. The van der Waals surface area contributed by atoms with Crippen molar-refractivity contribution in [3.8, 4) is 0 Å². The molecule has 0 unspecified atom stereocenters. The molecule has 1 aromatic carbocycles. The van der Waals surface area contributed by atoms with Crippen LogP contribution >= 0.6 is 35.0 Å². The van der Waals surface area contributed by atoms with Crippen LogP contribution in [0.15, 0.2) is 52.6 Å². The summed E-state index contributed by atoms with van der Waals surface area (Å²) in [6.07, 6.45) is 3.57. The van der Waals surface area contributed by atoms with E-state index in [-0.39, 0.29) is 27.6 Å². The molecule has 3 nitrogen and oxygen atoms in total. The van der Waals surface area contributed by atoms with Gasteiger partial charge >= 0.3 is 0 Å². The number of para-hydroxylation sites is 2. The van der Waals surface area contributed by atoms with Gasteiger partial charge in [0.15, 0.2) is 5.16 Å². The van der Waals surface area contributed by atoms with Crippen molar-refractivity contribution in [1.82, 2.24) is 9.55 Å². The largest absolute Gasteiger partial charge is 0.274 e. The highest BCUT2D eigenvalue weighted by molar-refractivity contribution is 7.99. The summed E-state index contributed by atoms with van der Waals surface area (Å²) in [7, 11) is 0. The van der Waals surface area contributed by atoms with E-state index in [1.165, 1.54) is 11.8 Å². The lowest BCUT2D eigenvalue weighted by molar-refractivity contribution is 0.0863. The van der Waals surface area contributed by atoms with Crippen LogP contribution in [0.5, 0.6) is 0 Å². The van der Waals surface area contributed by atoms with E-state index >= 15 is 0 Å². The number of halogens is 2. The SMILES string of the molecule is C=CCSc1nc2ccccc2n1C(=O)[C@H]1[C@@H](C=C(Cl)Cl)C1(C)C. The van der Waals surface area contributed by atoms with E-state index in [9.17, 15) is 4.79 Å². The van der Waals surface area contributed by atoms with Crippen LogP contribution in [-0.2, 0) is 0 Å². The number of hydrogen-bond acceptors (Lipinski definition) is 3. The number of carbonyl (C=O) groups is 1. The minimum absolute atomic E-state index is 0.0356. The number of nitrogens with zero attached hydrogens (tertiary/aromatic N) is 2. The first kappa shape index (κ1) is 17.6. The molecule has 2 atom stereocenters. The van der Waals surface area contributed by atoms with Crippen LogP contribution in [0.4, 0.5) is 0 Å². The number of rotatable bonds is 5. The standard InChI is InChI=1S/C18H18Cl2N2OS/c1-4-9-24-17-21-12-7-5-6-8-13(12)22(17)16(23)15-11(10-14(19)20)18(15,2)3/h4-8,10-11,15H,1,9H2,2-3H3/t11-,15-/m1/s1. The van der Waals surface area contributed by atoms with E-state index < -0.39 is 0 Å². The molecule has 0 N–H and O–H groups in total. The maximum absolute atomic E-state index is 13.2. The van der Waals surface area contributed by atoms with Gasteiger partial charge in [-0.2, -0.15) is 0 Å². The van der Waals surface area contributed by atoms with E-state index in [2.05, 4.69) is 25.4 Å². The van der Waals surface area contributed by atoms with Crippen LogP contribution in [-0.4, -0.2) is 21.2 Å². The van der Waals surface area contributed by atoms with Crippen molar-refractivity contribution in [2.24, 2.45) is 17.3 Å². The summed E-state index contributed by atoms with van der Waals surface area (Å²) < 4.78 is 1.94. The molecule has 24 heavy (non-hydrogen) atoms. The molecule has 1 saturated carbocycles. The molecule has 0 bridgehead atoms. The molecular weight excluding hydrogens is 363 g/mol. The van der Waals surface area contributed by atoms with Crippen molar-refractivity contribution in [3.05, 3.63) is 47.5 Å². The van der Waals surface area contributed by atoms with Crippen LogP contribution in [0, 0.1) is 17.3 Å². The predicted octanol–water partition coefficient (Wildman–Crippen LogP) is 5.55. The van der Waals surface area contributed by atoms with Crippen LogP contribution < -0.4 is 0 Å². The Labute approximate surface area is 155 Å². The van der Waals surface area contributed by atoms with Crippen molar-refractivity contribution in [2.75, 3.05) is 5.75 Å². The molecule has 0 aliphatic heterocycles. The lowest BCUT2D eigenvalue weighted by Gasteiger charge is -2.08. The quantitative estimate of drug-likeness (QED) is 0.503. The molecule has 126 valence electrons. The fraction of sp³-hybridized carbons (Fsp3) is 0.333. The summed E-state index contributed by atoms with van der Waals surface area (Å²) >= 11 is 13.1. The van der Waals surface area contributed by atoms with E-state index in [1.807, 2.05) is 24.3 Å². The third-order valence-electron chi connectivity index (χ3n) is 4.56. The Kier molecular flexibility index (Phi) is 4.82. The average molecular weight is 381 g/mol. The normalized spacial score (nSPS) is 21.5. The van der Waals surface area contributed by atoms with Gasteiger partial charge in [0, 0.05) is 5.75 Å². The van der Waals surface area contributed by atoms with Gasteiger partial charge in [-0.25, -0.2) is 4.98 Å². The molecule has 0 spiro atoms. The summed E-state index contributed by atoms with van der Waals surface area (Å²) in [4.78, 5) is 17.8. The Balaban J connectivity index is 2.03. The second kappa shape index (κ2) is 6.58. The average Bonchev–Trinajstić information content (AvgIpc) is 2.90. The smallest absolute Gasteiger partial charge is 0.237 e. The monoisotopic (exact) mass is 380 g/mol. The number of imidazole rings is 1. The van der Waals surface area contributed by atoms with Gasteiger partial charge in [-0.05, 0) is 29.5 Å². The van der Waals surface area contributed by atoms with E-state index in [4.69, 9.17) is 23.2 Å². The molecular formula is C18H18Cl2N2OS. The second-order valence-electron chi connectivity index (χ2n) is 6.44. The van der Waals surface area contributed by atoms with Gasteiger partial charge in [0.05, 0.1) is 17.0 Å². The zero-order valence-electron chi connectivity index (χ0n) is 13.5. The van der Waals surface area contributed by atoms with E-state index in [1.54, 1.807) is 16.7 Å². The molecule has 1 aromatic heterocycles. The maximum atomic E-state index is 13.2. The molecule has 2 aromatic rings. The maximum Gasteiger partial charge on any atom is 0.237 e. The van der Waals surface area contributed by atoms with Crippen molar-refractivity contribution < 1.29 is 4.79 Å². The third kappa shape index (κ3) is 3.03. The van der Waals surface area contributed by atoms with Gasteiger partial charge in [0.25, 0.3) is 0 Å². The van der Waals surface area contributed by atoms with Crippen LogP contribution in [0.25, 0.3) is 11.0 Å². The highest BCUT2D eigenvalue weighted by Crippen LogP contribution is 2.60. The second-order valence-corrected chi connectivity index (χ2v) is 8.43. The van der Waals surface area contributed by atoms with Crippen LogP contribution in [0.2, 0.25) is 0 Å². The molecule has 0 saturated heterocycles. The zero-order chi connectivity index (χ0) is 17.5. The van der Waals surface area contributed by atoms with Gasteiger partial charge in [-0.15, -0.1) is 6.58 Å².